The Kier molecular flexibility index (Phi) is 4.01. The third kappa shape index (κ3) is 2.97. The van der Waals surface area contributed by atoms with E-state index < -0.39 is 10.1 Å². The zero-order valence-corrected chi connectivity index (χ0v) is 14.9. The smallest absolute Gasteiger partial charge is 0.339 e. The van der Waals surface area contributed by atoms with Crippen LogP contribution in [0.2, 0.25) is 0 Å². The van der Waals surface area contributed by atoms with Crippen molar-refractivity contribution in [3.8, 4) is 11.5 Å². The van der Waals surface area contributed by atoms with E-state index in [9.17, 15) is 8.42 Å². The molecule has 0 N–H and O–H groups in total. The highest BCUT2D eigenvalue weighted by atomic mass is 32.2. The molecule has 0 atom stereocenters. The molecule has 0 bridgehead atoms. The molecule has 0 unspecified atom stereocenters. The van der Waals surface area contributed by atoms with Gasteiger partial charge in [-0.1, -0.05) is 42.5 Å². The normalized spacial score (nSPS) is 11.6. The topological polar surface area (TPSA) is 52.6 Å². The van der Waals surface area contributed by atoms with Crippen LogP contribution in [0.4, 0.5) is 0 Å². The van der Waals surface area contributed by atoms with Crippen LogP contribution in [0.3, 0.4) is 0 Å². The van der Waals surface area contributed by atoms with Crippen LogP contribution in [0.1, 0.15) is 0 Å². The van der Waals surface area contributed by atoms with Gasteiger partial charge in [-0.2, -0.15) is 8.42 Å². The molecule has 0 radical (unpaired) electrons. The lowest BCUT2D eigenvalue weighted by atomic mass is 10.0. The van der Waals surface area contributed by atoms with Crippen LogP contribution < -0.4 is 8.92 Å². The molecule has 4 aromatic rings. The van der Waals surface area contributed by atoms with Crippen LogP contribution in [0.25, 0.3) is 21.5 Å². The Morgan fingerprint density at radius 1 is 0.692 bits per heavy atom. The molecule has 0 aliphatic rings. The molecule has 4 nitrogen and oxygen atoms in total. The Morgan fingerprint density at radius 3 is 2.04 bits per heavy atom. The first kappa shape index (κ1) is 16.4. The van der Waals surface area contributed by atoms with Crippen molar-refractivity contribution >= 4 is 31.7 Å². The number of benzene rings is 4. The maximum absolute atomic E-state index is 12.5. The average Bonchev–Trinajstić information content (AvgIpc) is 2.67. The highest BCUT2D eigenvalue weighted by Crippen LogP contribution is 2.30. The second-order valence-electron chi connectivity index (χ2n) is 5.88. The summed E-state index contributed by atoms with van der Waals surface area (Å²) in [4.78, 5) is 0.0799. The van der Waals surface area contributed by atoms with E-state index in [1.807, 2.05) is 42.5 Å². The van der Waals surface area contributed by atoms with Gasteiger partial charge >= 0.3 is 10.1 Å². The quantitative estimate of drug-likeness (QED) is 0.387. The molecule has 0 saturated carbocycles. The Morgan fingerprint density at radius 2 is 1.31 bits per heavy atom. The molecule has 0 aliphatic heterocycles. The number of hydrogen-bond acceptors (Lipinski definition) is 4. The van der Waals surface area contributed by atoms with E-state index in [0.29, 0.717) is 5.75 Å². The van der Waals surface area contributed by atoms with E-state index in [1.165, 1.54) is 19.2 Å². The molecular weight excluding hydrogens is 348 g/mol. The number of fused-ring (bicyclic) bond motifs is 3. The minimum Gasteiger partial charge on any atom is -0.497 e. The van der Waals surface area contributed by atoms with Crippen LogP contribution in [0, 0.1) is 0 Å². The van der Waals surface area contributed by atoms with Gasteiger partial charge in [-0.15, -0.1) is 0 Å². The fourth-order valence-electron chi connectivity index (χ4n) is 2.95. The molecule has 0 fully saturated rings. The van der Waals surface area contributed by atoms with Gasteiger partial charge in [0, 0.05) is 0 Å². The summed E-state index contributed by atoms with van der Waals surface area (Å²) in [6.07, 6.45) is 0. The minimum atomic E-state index is -3.92. The van der Waals surface area contributed by atoms with Crippen molar-refractivity contribution in [3.05, 3.63) is 78.9 Å². The van der Waals surface area contributed by atoms with Crippen LogP contribution in [-0.4, -0.2) is 15.5 Å². The van der Waals surface area contributed by atoms with Gasteiger partial charge in [0.25, 0.3) is 0 Å². The first-order chi connectivity index (χ1) is 12.6. The monoisotopic (exact) mass is 364 g/mol. The largest absolute Gasteiger partial charge is 0.497 e. The van der Waals surface area contributed by atoms with Gasteiger partial charge in [0.05, 0.1) is 7.11 Å². The SMILES string of the molecule is COc1ccc(S(=O)(=O)Oc2ccc3ccc4ccccc4c3c2)cc1. The van der Waals surface area contributed by atoms with Crippen LogP contribution in [-0.2, 0) is 10.1 Å². The molecule has 0 spiro atoms. The second-order valence-corrected chi connectivity index (χ2v) is 7.43. The molecule has 0 aromatic heterocycles. The summed E-state index contributed by atoms with van der Waals surface area (Å²) >= 11 is 0. The molecule has 0 amide bonds. The molecule has 0 saturated heterocycles. The van der Waals surface area contributed by atoms with Crippen molar-refractivity contribution in [2.24, 2.45) is 0 Å². The summed E-state index contributed by atoms with van der Waals surface area (Å²) in [5, 5.41) is 4.12. The van der Waals surface area contributed by atoms with Gasteiger partial charge in [-0.25, -0.2) is 0 Å². The van der Waals surface area contributed by atoms with Crippen molar-refractivity contribution in [2.75, 3.05) is 7.11 Å². The van der Waals surface area contributed by atoms with Crippen molar-refractivity contribution in [1.82, 2.24) is 0 Å². The summed E-state index contributed by atoms with van der Waals surface area (Å²) in [5.74, 6) is 0.866. The van der Waals surface area contributed by atoms with Crippen molar-refractivity contribution in [3.63, 3.8) is 0 Å². The maximum Gasteiger partial charge on any atom is 0.339 e. The fourth-order valence-corrected chi connectivity index (χ4v) is 3.87. The summed E-state index contributed by atoms with van der Waals surface area (Å²) in [5.41, 5.74) is 0. The lowest BCUT2D eigenvalue weighted by molar-refractivity contribution is 0.414. The lowest BCUT2D eigenvalue weighted by Gasteiger charge is -2.10. The first-order valence-corrected chi connectivity index (χ1v) is 9.48. The second kappa shape index (κ2) is 6.35. The lowest BCUT2D eigenvalue weighted by Crippen LogP contribution is -2.09. The fraction of sp³-hybridized carbons (Fsp3) is 0.0476. The van der Waals surface area contributed by atoms with Crippen molar-refractivity contribution in [2.45, 2.75) is 4.90 Å². The summed E-state index contributed by atoms with van der Waals surface area (Å²) in [6, 6.07) is 23.4. The predicted octanol–water partition coefficient (Wildman–Crippen LogP) is 4.77. The van der Waals surface area contributed by atoms with Gasteiger partial charge < -0.3 is 8.92 Å². The highest BCUT2D eigenvalue weighted by Gasteiger charge is 2.17. The van der Waals surface area contributed by atoms with Crippen molar-refractivity contribution < 1.29 is 17.3 Å². The molecule has 4 aromatic carbocycles. The summed E-state index contributed by atoms with van der Waals surface area (Å²) in [7, 11) is -2.39. The Labute approximate surface area is 151 Å². The molecule has 130 valence electrons. The minimum absolute atomic E-state index is 0.0799. The summed E-state index contributed by atoms with van der Waals surface area (Å²) < 4.78 is 35.5. The van der Waals surface area contributed by atoms with E-state index in [-0.39, 0.29) is 10.6 Å². The predicted molar refractivity (Wildman–Crippen MR) is 102 cm³/mol. The van der Waals surface area contributed by atoms with Gasteiger partial charge in [0.15, 0.2) is 0 Å². The van der Waals surface area contributed by atoms with Crippen LogP contribution in [0.5, 0.6) is 11.5 Å². The molecule has 26 heavy (non-hydrogen) atoms. The molecular formula is C21H16O4S. The zero-order chi connectivity index (χ0) is 18.1. The number of hydrogen-bond donors (Lipinski definition) is 0. The van der Waals surface area contributed by atoms with E-state index in [4.69, 9.17) is 8.92 Å². The molecule has 5 heteroatoms. The maximum atomic E-state index is 12.5. The molecule has 0 aliphatic carbocycles. The molecule has 0 heterocycles. The van der Waals surface area contributed by atoms with Gasteiger partial charge in [-0.3, -0.25) is 0 Å². The average molecular weight is 364 g/mol. The zero-order valence-electron chi connectivity index (χ0n) is 14.0. The Balaban J connectivity index is 1.75. The van der Waals surface area contributed by atoms with Crippen LogP contribution >= 0.6 is 0 Å². The van der Waals surface area contributed by atoms with Gasteiger partial charge in [0.1, 0.15) is 16.4 Å². The van der Waals surface area contributed by atoms with E-state index in [0.717, 1.165) is 21.5 Å². The van der Waals surface area contributed by atoms with Gasteiger partial charge in [-0.05, 0) is 57.9 Å². The third-order valence-corrected chi connectivity index (χ3v) is 5.53. The Hall–Kier alpha value is -3.05. The van der Waals surface area contributed by atoms with E-state index in [1.54, 1.807) is 24.3 Å². The number of methoxy groups -OCH3 is 1. The van der Waals surface area contributed by atoms with E-state index >= 15 is 0 Å². The molecule has 4 rings (SSSR count). The van der Waals surface area contributed by atoms with Gasteiger partial charge in [0.2, 0.25) is 0 Å². The highest BCUT2D eigenvalue weighted by molar-refractivity contribution is 7.87. The third-order valence-electron chi connectivity index (χ3n) is 4.27. The van der Waals surface area contributed by atoms with Crippen molar-refractivity contribution in [1.29, 1.82) is 0 Å². The van der Waals surface area contributed by atoms with Crippen LogP contribution in [0.15, 0.2) is 83.8 Å². The van der Waals surface area contributed by atoms with E-state index in [2.05, 4.69) is 0 Å². The standard InChI is InChI=1S/C21H16O4S/c1-24-17-10-12-19(13-11-17)26(22,23)25-18-9-8-16-7-6-15-4-2-3-5-20(15)21(16)14-18/h2-14H,1H3. The Bertz CT molecular complexity index is 1200. The number of rotatable bonds is 4. The first-order valence-electron chi connectivity index (χ1n) is 8.07. The number of ether oxygens (including phenoxy) is 1. The summed E-state index contributed by atoms with van der Waals surface area (Å²) in [6.45, 7) is 0.